The molecular weight excluding hydrogens is 368 g/mol. The lowest BCUT2D eigenvalue weighted by molar-refractivity contribution is 0.0921. The van der Waals surface area contributed by atoms with Crippen molar-refractivity contribution in [2.24, 2.45) is 7.05 Å². The van der Waals surface area contributed by atoms with Crippen molar-refractivity contribution in [2.75, 3.05) is 0 Å². The van der Waals surface area contributed by atoms with Crippen molar-refractivity contribution in [1.29, 1.82) is 0 Å². The Bertz CT molecular complexity index is 1130. The van der Waals surface area contributed by atoms with E-state index >= 15 is 0 Å². The van der Waals surface area contributed by atoms with Crippen molar-refractivity contribution in [2.45, 2.75) is 37.8 Å². The van der Waals surface area contributed by atoms with Gasteiger partial charge in [-0.15, -0.1) is 10.2 Å². The molecule has 148 valence electrons. The van der Waals surface area contributed by atoms with Crippen molar-refractivity contribution in [3.8, 4) is 11.4 Å². The number of nitrogens with zero attached hydrogens (tertiary/aromatic N) is 7. The van der Waals surface area contributed by atoms with E-state index in [0.29, 0.717) is 11.4 Å². The summed E-state index contributed by atoms with van der Waals surface area (Å²) >= 11 is 0. The molecule has 1 amide bonds. The molecule has 0 atom stereocenters. The fraction of sp³-hybridized carbons (Fsp3) is 0.350. The first-order valence-electron chi connectivity index (χ1n) is 9.83. The van der Waals surface area contributed by atoms with Crippen molar-refractivity contribution in [3.63, 3.8) is 0 Å². The van der Waals surface area contributed by atoms with Gasteiger partial charge in [-0.25, -0.2) is 4.52 Å². The minimum absolute atomic E-state index is 0.0736. The highest BCUT2D eigenvalue weighted by molar-refractivity contribution is 5.99. The van der Waals surface area contributed by atoms with E-state index in [1.807, 2.05) is 54.3 Å². The summed E-state index contributed by atoms with van der Waals surface area (Å²) in [5.41, 5.74) is 2.37. The molecule has 29 heavy (non-hydrogen) atoms. The van der Waals surface area contributed by atoms with Crippen molar-refractivity contribution < 1.29 is 4.79 Å². The summed E-state index contributed by atoms with van der Waals surface area (Å²) < 4.78 is 3.62. The zero-order valence-electron chi connectivity index (χ0n) is 16.1. The Kier molecular flexibility index (Phi) is 4.34. The predicted molar refractivity (Wildman–Crippen MR) is 106 cm³/mol. The van der Waals surface area contributed by atoms with E-state index in [2.05, 4.69) is 25.8 Å². The normalized spacial score (nSPS) is 19.5. The number of tetrazole rings is 1. The van der Waals surface area contributed by atoms with E-state index in [4.69, 9.17) is 0 Å². The number of hydrogen-bond acceptors (Lipinski definition) is 5. The Hall–Kier alpha value is -3.49. The molecule has 5 rings (SSSR count). The van der Waals surface area contributed by atoms with Crippen LogP contribution in [0.3, 0.4) is 0 Å². The third-order valence-electron chi connectivity index (χ3n) is 5.60. The summed E-state index contributed by atoms with van der Waals surface area (Å²) in [6, 6.07) is 10.2. The first-order valence-corrected chi connectivity index (χ1v) is 9.83. The summed E-state index contributed by atoms with van der Waals surface area (Å²) in [6.07, 6.45) is 8.94. The van der Waals surface area contributed by atoms with Crippen molar-refractivity contribution >= 4 is 11.6 Å². The molecule has 1 aliphatic rings. The predicted octanol–water partition coefficient (Wildman–Crippen LogP) is 2.24. The van der Waals surface area contributed by atoms with Crippen LogP contribution in [0.4, 0.5) is 0 Å². The molecule has 1 N–H and O–H groups in total. The molecule has 3 aromatic heterocycles. The summed E-state index contributed by atoms with van der Waals surface area (Å²) in [5.74, 6) is 0.573. The highest BCUT2D eigenvalue weighted by Gasteiger charge is 2.26. The van der Waals surface area contributed by atoms with Crippen LogP contribution in [0.5, 0.6) is 0 Å². The maximum atomic E-state index is 12.7. The summed E-state index contributed by atoms with van der Waals surface area (Å²) in [4.78, 5) is 14.5. The van der Waals surface area contributed by atoms with E-state index in [1.165, 1.54) is 0 Å². The third kappa shape index (κ3) is 3.28. The van der Waals surface area contributed by atoms with Crippen LogP contribution in [0, 0.1) is 0 Å². The van der Waals surface area contributed by atoms with E-state index in [0.717, 1.165) is 36.9 Å². The SMILES string of the molecule is Cn1ccn2ncc(C(=O)NC3CCC(n4nnc(-c5ccccc5)n4)CC3)c12. The van der Waals surface area contributed by atoms with Gasteiger partial charge in [0.1, 0.15) is 11.2 Å². The maximum absolute atomic E-state index is 12.7. The molecule has 1 saturated carbocycles. The first-order chi connectivity index (χ1) is 14.2. The lowest BCUT2D eigenvalue weighted by Crippen LogP contribution is -2.38. The smallest absolute Gasteiger partial charge is 0.256 e. The largest absolute Gasteiger partial charge is 0.349 e. The van der Waals surface area contributed by atoms with Gasteiger partial charge in [-0.05, 0) is 30.9 Å². The summed E-state index contributed by atoms with van der Waals surface area (Å²) in [5, 5.41) is 20.4. The number of benzene rings is 1. The third-order valence-corrected chi connectivity index (χ3v) is 5.60. The Morgan fingerprint density at radius 3 is 2.69 bits per heavy atom. The Labute approximate surface area is 167 Å². The molecule has 0 radical (unpaired) electrons. The second kappa shape index (κ2) is 7.16. The lowest BCUT2D eigenvalue weighted by atomic mass is 9.91. The van der Waals surface area contributed by atoms with E-state index in [1.54, 1.807) is 15.5 Å². The first kappa shape index (κ1) is 17.6. The van der Waals surface area contributed by atoms with Gasteiger partial charge in [0.15, 0.2) is 0 Å². The second-order valence-electron chi connectivity index (χ2n) is 7.51. The van der Waals surface area contributed by atoms with Crippen LogP contribution >= 0.6 is 0 Å². The van der Waals surface area contributed by atoms with Gasteiger partial charge in [-0.1, -0.05) is 30.3 Å². The average Bonchev–Trinajstić information content (AvgIpc) is 3.47. The number of fused-ring (bicyclic) bond motifs is 1. The molecule has 9 heteroatoms. The Morgan fingerprint density at radius 2 is 1.90 bits per heavy atom. The van der Waals surface area contributed by atoms with Crippen LogP contribution < -0.4 is 5.32 Å². The fourth-order valence-corrected chi connectivity index (χ4v) is 4.01. The van der Waals surface area contributed by atoms with Crippen LogP contribution in [0.1, 0.15) is 42.1 Å². The number of rotatable bonds is 4. The molecule has 9 nitrogen and oxygen atoms in total. The zero-order chi connectivity index (χ0) is 19.8. The molecule has 0 bridgehead atoms. The quantitative estimate of drug-likeness (QED) is 0.577. The van der Waals surface area contributed by atoms with E-state index in [9.17, 15) is 4.79 Å². The minimum atomic E-state index is -0.0736. The van der Waals surface area contributed by atoms with Gasteiger partial charge in [0.05, 0.1) is 12.2 Å². The van der Waals surface area contributed by atoms with Gasteiger partial charge in [0.2, 0.25) is 5.82 Å². The molecule has 0 aliphatic heterocycles. The minimum Gasteiger partial charge on any atom is -0.349 e. The van der Waals surface area contributed by atoms with E-state index < -0.39 is 0 Å². The van der Waals surface area contributed by atoms with Crippen LogP contribution in [-0.4, -0.2) is 46.3 Å². The number of carbonyl (C=O) groups excluding carboxylic acids is 1. The molecule has 0 unspecified atom stereocenters. The topological polar surface area (TPSA) is 94.9 Å². The Balaban J connectivity index is 1.21. The second-order valence-corrected chi connectivity index (χ2v) is 7.51. The number of imidazole rings is 1. The molecule has 1 aliphatic carbocycles. The van der Waals surface area contributed by atoms with Crippen LogP contribution in [-0.2, 0) is 7.05 Å². The number of aromatic nitrogens is 7. The van der Waals surface area contributed by atoms with Gasteiger partial charge in [0, 0.05) is 31.0 Å². The van der Waals surface area contributed by atoms with Crippen molar-refractivity contribution in [1.82, 2.24) is 39.7 Å². The maximum Gasteiger partial charge on any atom is 0.256 e. The highest BCUT2D eigenvalue weighted by atomic mass is 16.1. The lowest BCUT2D eigenvalue weighted by Gasteiger charge is -2.28. The monoisotopic (exact) mass is 390 g/mol. The zero-order valence-corrected chi connectivity index (χ0v) is 16.1. The molecule has 4 aromatic rings. The Morgan fingerprint density at radius 1 is 1.10 bits per heavy atom. The van der Waals surface area contributed by atoms with Gasteiger partial charge in [-0.3, -0.25) is 4.79 Å². The van der Waals surface area contributed by atoms with Crippen molar-refractivity contribution in [3.05, 3.63) is 54.5 Å². The van der Waals surface area contributed by atoms with Crippen LogP contribution in [0.25, 0.3) is 17.0 Å². The standard InChI is InChI=1S/C20H22N8O/c1-26-11-12-27-20(26)17(13-21-27)19(29)22-15-7-9-16(10-8-15)28-24-18(23-25-28)14-5-3-2-4-6-14/h2-6,11-13,15-16H,7-10H2,1H3,(H,22,29). The average molecular weight is 390 g/mol. The van der Waals surface area contributed by atoms with Gasteiger partial charge >= 0.3 is 0 Å². The molecule has 1 aromatic carbocycles. The number of amides is 1. The number of aryl methyl sites for hydroxylation is 1. The molecule has 1 fully saturated rings. The molecule has 3 heterocycles. The summed E-state index contributed by atoms with van der Waals surface area (Å²) in [6.45, 7) is 0. The van der Waals surface area contributed by atoms with Gasteiger partial charge in [-0.2, -0.15) is 9.90 Å². The van der Waals surface area contributed by atoms with Gasteiger partial charge < -0.3 is 9.88 Å². The van der Waals surface area contributed by atoms with Crippen LogP contribution in [0.15, 0.2) is 48.9 Å². The van der Waals surface area contributed by atoms with Gasteiger partial charge in [0.25, 0.3) is 5.91 Å². The molecule has 0 spiro atoms. The fourth-order valence-electron chi connectivity index (χ4n) is 4.01. The van der Waals surface area contributed by atoms with Crippen LogP contribution in [0.2, 0.25) is 0 Å². The number of carbonyl (C=O) groups is 1. The molecular formula is C20H22N8O. The van der Waals surface area contributed by atoms with E-state index in [-0.39, 0.29) is 18.0 Å². The highest BCUT2D eigenvalue weighted by Crippen LogP contribution is 2.28. The summed E-state index contributed by atoms with van der Waals surface area (Å²) in [7, 11) is 1.91. The number of hydrogen-bond donors (Lipinski definition) is 1. The molecule has 0 saturated heterocycles. The number of nitrogens with one attached hydrogen (secondary N) is 1.